The second-order valence-electron chi connectivity index (χ2n) is 6.56. The van der Waals surface area contributed by atoms with Gasteiger partial charge >= 0.3 is 0 Å². The van der Waals surface area contributed by atoms with Crippen LogP contribution in [0, 0.1) is 6.92 Å². The zero-order valence-electron chi connectivity index (χ0n) is 15.6. The minimum atomic E-state index is -0.109. The highest BCUT2D eigenvalue weighted by Gasteiger charge is 2.17. The Bertz CT molecular complexity index is 986. The van der Waals surface area contributed by atoms with Gasteiger partial charge in [-0.2, -0.15) is 0 Å². The summed E-state index contributed by atoms with van der Waals surface area (Å²) in [5, 5.41) is 5.05. The Morgan fingerprint density at radius 1 is 1.21 bits per heavy atom. The fraction of sp³-hybridized carbons (Fsp3) is 0.238. The number of carbonyl (C=O) groups is 1. The third-order valence-corrected chi connectivity index (χ3v) is 6.45. The van der Waals surface area contributed by atoms with E-state index in [4.69, 9.17) is 9.47 Å². The van der Waals surface area contributed by atoms with Crippen LogP contribution in [0.5, 0.6) is 11.5 Å². The van der Waals surface area contributed by atoms with Gasteiger partial charge in [0.2, 0.25) is 12.7 Å². The lowest BCUT2D eigenvalue weighted by molar-refractivity contribution is -0.119. The Morgan fingerprint density at radius 2 is 2.00 bits per heavy atom. The van der Waals surface area contributed by atoms with Gasteiger partial charge in [0.1, 0.15) is 0 Å². The van der Waals surface area contributed by atoms with E-state index in [0.29, 0.717) is 5.75 Å². The van der Waals surface area contributed by atoms with Crippen LogP contribution in [-0.4, -0.2) is 23.4 Å². The van der Waals surface area contributed by atoms with E-state index in [1.54, 1.807) is 11.3 Å². The van der Waals surface area contributed by atoms with Crippen LogP contribution in [0.25, 0.3) is 11.3 Å². The average Bonchev–Trinajstić information content (AvgIpc) is 3.35. The average molecular weight is 413 g/mol. The largest absolute Gasteiger partial charge is 0.454 e. The van der Waals surface area contributed by atoms with E-state index in [-0.39, 0.29) is 18.7 Å². The van der Waals surface area contributed by atoms with Gasteiger partial charge in [-0.05, 0) is 31.5 Å². The number of nitrogens with zero attached hydrogens (tertiary/aromatic N) is 1. The van der Waals surface area contributed by atoms with E-state index in [0.717, 1.165) is 32.7 Å². The first-order valence-corrected chi connectivity index (χ1v) is 10.8. The van der Waals surface area contributed by atoms with E-state index in [1.807, 2.05) is 30.5 Å². The number of nitrogens with one attached hydrogen (secondary N) is 1. The fourth-order valence-corrected chi connectivity index (χ4v) is 4.50. The van der Waals surface area contributed by atoms with Crippen LogP contribution in [0.4, 0.5) is 0 Å². The first-order valence-electron chi connectivity index (χ1n) is 8.93. The molecule has 144 valence electrons. The fourth-order valence-electron chi connectivity index (χ4n) is 2.86. The summed E-state index contributed by atoms with van der Waals surface area (Å²) in [5.74, 6) is 1.77. The SMILES string of the molecule is Cc1ccc(-c2csc(SCC(=O)N[C@H](C)c3ccc4c(c3)OCO4)n2)cc1. The van der Waals surface area contributed by atoms with Crippen molar-refractivity contribution >= 4 is 29.0 Å². The highest BCUT2D eigenvalue weighted by Crippen LogP contribution is 2.34. The third kappa shape index (κ3) is 4.31. The van der Waals surface area contributed by atoms with Gasteiger partial charge in [-0.1, -0.05) is 47.7 Å². The molecule has 1 aliphatic heterocycles. The van der Waals surface area contributed by atoms with Gasteiger partial charge in [0.25, 0.3) is 0 Å². The second kappa shape index (κ2) is 8.24. The molecule has 3 aromatic rings. The number of fused-ring (bicyclic) bond motifs is 1. The smallest absolute Gasteiger partial charge is 0.231 e. The number of ether oxygens (including phenoxy) is 2. The molecule has 0 saturated carbocycles. The Labute approximate surface area is 172 Å². The minimum Gasteiger partial charge on any atom is -0.454 e. The van der Waals surface area contributed by atoms with E-state index in [1.165, 1.54) is 17.3 Å². The molecule has 0 radical (unpaired) electrons. The molecule has 1 amide bonds. The molecular formula is C21H20N2O3S2. The molecule has 0 bridgehead atoms. The van der Waals surface area contributed by atoms with Crippen LogP contribution in [0.15, 0.2) is 52.2 Å². The van der Waals surface area contributed by atoms with Crippen molar-refractivity contribution in [3.8, 4) is 22.8 Å². The first-order chi connectivity index (χ1) is 13.6. The lowest BCUT2D eigenvalue weighted by Crippen LogP contribution is -2.28. The summed E-state index contributed by atoms with van der Waals surface area (Å²) in [4.78, 5) is 17.0. The van der Waals surface area contributed by atoms with E-state index < -0.39 is 0 Å². The van der Waals surface area contributed by atoms with Gasteiger partial charge in [0.05, 0.1) is 17.5 Å². The van der Waals surface area contributed by atoms with Gasteiger partial charge in [-0.3, -0.25) is 4.79 Å². The van der Waals surface area contributed by atoms with Gasteiger partial charge in [-0.25, -0.2) is 4.98 Å². The standard InChI is InChI=1S/C21H20N2O3S2/c1-13-3-5-15(6-4-13)17-10-27-21(23-17)28-11-20(24)22-14(2)16-7-8-18-19(9-16)26-12-25-18/h3-10,14H,11-12H2,1-2H3,(H,22,24)/t14-/m1/s1. The molecule has 0 fully saturated rings. The monoisotopic (exact) mass is 412 g/mol. The zero-order chi connectivity index (χ0) is 19.5. The number of thioether (sulfide) groups is 1. The van der Waals surface area contributed by atoms with Crippen LogP contribution in [-0.2, 0) is 4.79 Å². The van der Waals surface area contributed by atoms with E-state index >= 15 is 0 Å². The molecule has 0 spiro atoms. The topological polar surface area (TPSA) is 60.5 Å². The molecule has 28 heavy (non-hydrogen) atoms. The van der Waals surface area contributed by atoms with Crippen molar-refractivity contribution in [2.45, 2.75) is 24.2 Å². The first kappa shape index (κ1) is 18.8. The highest BCUT2D eigenvalue weighted by molar-refractivity contribution is 8.01. The summed E-state index contributed by atoms with van der Waals surface area (Å²) < 4.78 is 11.6. The maximum absolute atomic E-state index is 12.3. The molecule has 1 aliphatic rings. The lowest BCUT2D eigenvalue weighted by Gasteiger charge is -2.14. The summed E-state index contributed by atoms with van der Waals surface area (Å²) >= 11 is 3.02. The summed E-state index contributed by atoms with van der Waals surface area (Å²) in [6.45, 7) is 4.27. The predicted molar refractivity (Wildman–Crippen MR) is 112 cm³/mol. The zero-order valence-corrected chi connectivity index (χ0v) is 17.2. The Balaban J connectivity index is 1.31. The van der Waals surface area contributed by atoms with Gasteiger partial charge in [0, 0.05) is 10.9 Å². The summed E-state index contributed by atoms with van der Waals surface area (Å²) in [7, 11) is 0. The van der Waals surface area contributed by atoms with Crippen LogP contribution in [0.2, 0.25) is 0 Å². The van der Waals surface area contributed by atoms with Crippen LogP contribution in [0.1, 0.15) is 24.1 Å². The van der Waals surface area contributed by atoms with Gasteiger partial charge < -0.3 is 14.8 Å². The van der Waals surface area contributed by atoms with Crippen LogP contribution >= 0.6 is 23.1 Å². The molecule has 2 aromatic carbocycles. The molecule has 0 aliphatic carbocycles. The number of hydrogen-bond donors (Lipinski definition) is 1. The number of benzene rings is 2. The highest BCUT2D eigenvalue weighted by atomic mass is 32.2. The molecule has 1 N–H and O–H groups in total. The molecule has 2 heterocycles. The van der Waals surface area contributed by atoms with Crippen molar-refractivity contribution < 1.29 is 14.3 Å². The number of rotatable bonds is 6. The summed E-state index contributed by atoms with van der Waals surface area (Å²) in [6, 6.07) is 13.9. The molecule has 1 atom stereocenters. The number of aryl methyl sites for hydroxylation is 1. The quantitative estimate of drug-likeness (QED) is 0.589. The maximum Gasteiger partial charge on any atom is 0.231 e. The maximum atomic E-state index is 12.3. The Hall–Kier alpha value is -2.51. The number of thiazole rings is 1. The normalized spacial score (nSPS) is 13.4. The van der Waals surface area contributed by atoms with Crippen molar-refractivity contribution in [1.82, 2.24) is 10.3 Å². The minimum absolute atomic E-state index is 0.0257. The Kier molecular flexibility index (Phi) is 5.54. The molecule has 5 nitrogen and oxygen atoms in total. The molecule has 0 unspecified atom stereocenters. The third-order valence-electron chi connectivity index (χ3n) is 4.43. The molecule has 1 aromatic heterocycles. The molecule has 4 rings (SSSR count). The summed E-state index contributed by atoms with van der Waals surface area (Å²) in [6.07, 6.45) is 0. The van der Waals surface area contributed by atoms with Gasteiger partial charge in [0.15, 0.2) is 15.8 Å². The molecule has 7 heteroatoms. The Morgan fingerprint density at radius 3 is 2.82 bits per heavy atom. The lowest BCUT2D eigenvalue weighted by atomic mass is 10.1. The van der Waals surface area contributed by atoms with Crippen molar-refractivity contribution in [2.75, 3.05) is 12.5 Å². The second-order valence-corrected chi connectivity index (χ2v) is 8.64. The van der Waals surface area contributed by atoms with Crippen LogP contribution < -0.4 is 14.8 Å². The van der Waals surface area contributed by atoms with Crippen molar-refractivity contribution in [3.05, 3.63) is 59.0 Å². The van der Waals surface area contributed by atoms with E-state index in [9.17, 15) is 4.79 Å². The molecular weight excluding hydrogens is 392 g/mol. The number of aromatic nitrogens is 1. The molecule has 0 saturated heterocycles. The summed E-state index contributed by atoms with van der Waals surface area (Å²) in [5.41, 5.74) is 4.25. The number of amides is 1. The van der Waals surface area contributed by atoms with Crippen molar-refractivity contribution in [1.29, 1.82) is 0 Å². The predicted octanol–water partition coefficient (Wildman–Crippen LogP) is 4.82. The number of carbonyl (C=O) groups excluding carboxylic acids is 1. The van der Waals surface area contributed by atoms with Crippen LogP contribution in [0.3, 0.4) is 0 Å². The number of hydrogen-bond acceptors (Lipinski definition) is 6. The van der Waals surface area contributed by atoms with Crippen molar-refractivity contribution in [3.63, 3.8) is 0 Å². The van der Waals surface area contributed by atoms with E-state index in [2.05, 4.69) is 41.5 Å². The van der Waals surface area contributed by atoms with Crippen molar-refractivity contribution in [2.24, 2.45) is 0 Å². The van der Waals surface area contributed by atoms with Gasteiger partial charge in [-0.15, -0.1) is 11.3 Å².